The Kier molecular flexibility index (Phi) is 6.42. The molecule has 3 saturated heterocycles. The minimum atomic E-state index is -4.02. The van der Waals surface area contributed by atoms with Gasteiger partial charge in [-0.2, -0.15) is 8.42 Å². The van der Waals surface area contributed by atoms with E-state index in [0.717, 1.165) is 22.9 Å². The van der Waals surface area contributed by atoms with Gasteiger partial charge >= 0.3 is 0 Å². The third-order valence-corrected chi connectivity index (χ3v) is 7.99. The van der Waals surface area contributed by atoms with Crippen LogP contribution in [0.2, 0.25) is 0 Å². The van der Waals surface area contributed by atoms with Crippen molar-refractivity contribution in [2.24, 2.45) is 17.8 Å². The van der Waals surface area contributed by atoms with Crippen LogP contribution in [0.5, 0.6) is 5.88 Å². The number of pyridine rings is 1. The molecule has 4 fully saturated rings. The van der Waals surface area contributed by atoms with Gasteiger partial charge in [0.1, 0.15) is 6.10 Å². The average Bonchev–Trinajstić information content (AvgIpc) is 2.82. The average molecular weight is 479 g/mol. The molecule has 4 bridgehead atoms. The Morgan fingerprint density at radius 1 is 0.882 bits per heavy atom. The van der Waals surface area contributed by atoms with Gasteiger partial charge in [0.25, 0.3) is 10.1 Å². The van der Waals surface area contributed by atoms with E-state index in [9.17, 15) is 8.42 Å². The third kappa shape index (κ3) is 5.17. The van der Waals surface area contributed by atoms with Gasteiger partial charge in [0, 0.05) is 49.3 Å². The topological polar surface area (TPSA) is 79.7 Å². The first-order chi connectivity index (χ1) is 16.3. The van der Waals surface area contributed by atoms with Crippen LogP contribution in [0.3, 0.4) is 0 Å². The summed E-state index contributed by atoms with van der Waals surface area (Å²) in [5.74, 6) is 3.12. The third-order valence-electron chi connectivity index (χ3n) is 7.12. The van der Waals surface area contributed by atoms with Gasteiger partial charge in [0.05, 0.1) is 4.90 Å². The predicted octanol–water partition coefficient (Wildman–Crippen LogP) is 4.71. The number of rotatable bonds is 4. The maximum atomic E-state index is 10.5. The van der Waals surface area contributed by atoms with Crippen LogP contribution < -0.4 is 4.74 Å². The van der Waals surface area contributed by atoms with E-state index >= 15 is 0 Å². The van der Waals surface area contributed by atoms with Crippen molar-refractivity contribution in [2.75, 3.05) is 19.6 Å². The van der Waals surface area contributed by atoms with Crippen LogP contribution in [0.25, 0.3) is 11.1 Å². The number of nitrogens with zero attached hydrogens (tertiary/aromatic N) is 2. The Labute approximate surface area is 201 Å². The second kappa shape index (κ2) is 9.49. The molecule has 1 saturated carbocycles. The second-order valence-corrected chi connectivity index (χ2v) is 11.1. The summed E-state index contributed by atoms with van der Waals surface area (Å²) >= 11 is 0. The lowest BCUT2D eigenvalue weighted by atomic mass is 9.66. The first-order valence-corrected chi connectivity index (χ1v) is 13.2. The van der Waals surface area contributed by atoms with Crippen molar-refractivity contribution in [1.29, 1.82) is 0 Å². The fraction of sp³-hybridized carbons (Fsp3) is 0.370. The molecule has 1 aromatic heterocycles. The van der Waals surface area contributed by atoms with Crippen molar-refractivity contribution in [1.82, 2.24) is 9.88 Å². The molecule has 4 heterocycles. The predicted molar refractivity (Wildman–Crippen MR) is 131 cm³/mol. The molecule has 0 amide bonds. The van der Waals surface area contributed by atoms with Crippen molar-refractivity contribution in [3.05, 3.63) is 78.5 Å². The van der Waals surface area contributed by atoms with Crippen LogP contribution in [-0.2, 0) is 10.1 Å². The molecule has 1 aliphatic carbocycles. The van der Waals surface area contributed by atoms with Crippen LogP contribution in [-0.4, -0.2) is 48.6 Å². The second-order valence-electron chi connectivity index (χ2n) is 9.70. The number of hydrogen-bond acceptors (Lipinski definition) is 5. The van der Waals surface area contributed by atoms with Gasteiger partial charge in [0.2, 0.25) is 5.88 Å². The molecule has 7 rings (SSSR count). The Bertz CT molecular complexity index is 1180. The van der Waals surface area contributed by atoms with E-state index in [4.69, 9.17) is 9.29 Å². The highest BCUT2D eigenvalue weighted by molar-refractivity contribution is 7.85. The van der Waals surface area contributed by atoms with E-state index in [0.29, 0.717) is 17.9 Å². The molecule has 1 N–H and O–H groups in total. The number of aromatic nitrogens is 1. The molecule has 6 nitrogen and oxygen atoms in total. The summed E-state index contributed by atoms with van der Waals surface area (Å²) in [6, 6.07) is 20.5. The molecular formula is C27H30N2O4S. The van der Waals surface area contributed by atoms with Crippen molar-refractivity contribution < 1.29 is 17.7 Å². The van der Waals surface area contributed by atoms with Crippen LogP contribution >= 0.6 is 0 Å². The molecule has 178 valence electrons. The van der Waals surface area contributed by atoms with Gasteiger partial charge in [0.15, 0.2) is 0 Å². The quantitative estimate of drug-likeness (QED) is 0.547. The zero-order chi connectivity index (χ0) is 23.7. The van der Waals surface area contributed by atoms with E-state index in [2.05, 4.69) is 40.2 Å². The highest BCUT2D eigenvalue weighted by Crippen LogP contribution is 2.44. The SMILES string of the molecule is Cc1ccc(S(=O)(=O)O)cc1.c1ccc(-c2ccc(OC3C4CC5CC3CN(C5)C4)nc2)cc1. The molecule has 0 radical (unpaired) electrons. The summed E-state index contributed by atoms with van der Waals surface area (Å²) in [5, 5.41) is 0. The molecule has 7 heteroatoms. The van der Waals surface area contributed by atoms with Crippen molar-refractivity contribution in [2.45, 2.75) is 30.8 Å². The van der Waals surface area contributed by atoms with E-state index in [1.54, 1.807) is 12.1 Å². The van der Waals surface area contributed by atoms with Gasteiger partial charge in [-0.05, 0) is 49.4 Å². The zero-order valence-corrected chi connectivity index (χ0v) is 20.1. The first-order valence-electron chi connectivity index (χ1n) is 11.8. The summed E-state index contributed by atoms with van der Waals surface area (Å²) in [6.45, 7) is 5.61. The summed E-state index contributed by atoms with van der Waals surface area (Å²) in [6.07, 6.45) is 5.00. The van der Waals surface area contributed by atoms with Crippen LogP contribution in [0.1, 0.15) is 18.4 Å². The van der Waals surface area contributed by atoms with Crippen LogP contribution in [0, 0.1) is 24.7 Å². The number of aryl methyl sites for hydroxylation is 1. The Hall–Kier alpha value is -2.74. The Morgan fingerprint density at radius 2 is 1.56 bits per heavy atom. The summed E-state index contributed by atoms with van der Waals surface area (Å²) < 4.78 is 35.9. The minimum Gasteiger partial charge on any atom is -0.474 e. The van der Waals surface area contributed by atoms with Gasteiger partial charge < -0.3 is 9.64 Å². The number of hydrogen-bond donors (Lipinski definition) is 1. The maximum Gasteiger partial charge on any atom is 0.294 e. The molecule has 3 aliphatic heterocycles. The van der Waals surface area contributed by atoms with Gasteiger partial charge in [-0.15, -0.1) is 0 Å². The van der Waals surface area contributed by atoms with E-state index < -0.39 is 10.1 Å². The maximum absolute atomic E-state index is 10.5. The Balaban J connectivity index is 0.000000186. The highest BCUT2D eigenvalue weighted by Gasteiger charge is 2.48. The monoisotopic (exact) mass is 478 g/mol. The fourth-order valence-electron chi connectivity index (χ4n) is 5.66. The normalized spacial score (nSPS) is 27.1. The van der Waals surface area contributed by atoms with E-state index in [1.807, 2.05) is 25.3 Å². The van der Waals surface area contributed by atoms with Crippen molar-refractivity contribution in [3.63, 3.8) is 0 Å². The molecule has 2 atom stereocenters. The van der Waals surface area contributed by atoms with E-state index in [-0.39, 0.29) is 4.90 Å². The largest absolute Gasteiger partial charge is 0.474 e. The highest BCUT2D eigenvalue weighted by atomic mass is 32.2. The standard InChI is InChI=1S/C20H22N2O.C7H8O3S/c1-2-4-15(5-3-1)16-6-7-19(21-10-16)23-20-17-8-14-9-18(20)13-22(11-14)12-17;1-6-2-4-7(5-3-6)11(8,9)10/h1-7,10,14,17-18,20H,8-9,11-13H2;2-5H,1H3,(H,8,9,10). The lowest BCUT2D eigenvalue weighted by molar-refractivity contribution is -0.0997. The lowest BCUT2D eigenvalue weighted by Gasteiger charge is -2.55. The zero-order valence-electron chi connectivity index (χ0n) is 19.2. The number of piperidine rings is 3. The number of benzene rings is 2. The Morgan fingerprint density at radius 3 is 2.12 bits per heavy atom. The summed E-state index contributed by atoms with van der Waals surface area (Å²) in [7, 11) is -4.02. The molecule has 4 aliphatic rings. The van der Waals surface area contributed by atoms with Crippen molar-refractivity contribution in [3.8, 4) is 17.0 Å². The van der Waals surface area contributed by atoms with Gasteiger partial charge in [-0.25, -0.2) is 4.98 Å². The molecule has 3 aromatic rings. The molecule has 0 spiro atoms. The molecule has 34 heavy (non-hydrogen) atoms. The van der Waals surface area contributed by atoms with Crippen LogP contribution in [0.15, 0.2) is 77.8 Å². The first kappa shape index (κ1) is 23.0. The van der Waals surface area contributed by atoms with Gasteiger partial charge in [-0.3, -0.25) is 4.55 Å². The van der Waals surface area contributed by atoms with E-state index in [1.165, 1.54) is 50.2 Å². The molecule has 2 aromatic carbocycles. The van der Waals surface area contributed by atoms with Gasteiger partial charge in [-0.1, -0.05) is 48.0 Å². The summed E-state index contributed by atoms with van der Waals surface area (Å²) in [4.78, 5) is 7.14. The smallest absolute Gasteiger partial charge is 0.294 e. The van der Waals surface area contributed by atoms with Crippen LogP contribution in [0.4, 0.5) is 0 Å². The fourth-order valence-corrected chi connectivity index (χ4v) is 6.14. The summed E-state index contributed by atoms with van der Waals surface area (Å²) in [5.41, 5.74) is 3.31. The lowest BCUT2D eigenvalue weighted by Crippen LogP contribution is -2.61. The number of ether oxygens (including phenoxy) is 1. The molecular weight excluding hydrogens is 448 g/mol. The minimum absolute atomic E-state index is 0.0666. The van der Waals surface area contributed by atoms with Crippen molar-refractivity contribution >= 4 is 10.1 Å². The molecule has 2 unspecified atom stereocenters.